The SMILES string of the molecule is CCCCCCCCCCCCCCc1cc(S(=O)(=O)O)c(O)cc1Oc1ccccc1. The largest absolute Gasteiger partial charge is 0.506 e. The van der Waals surface area contributed by atoms with Gasteiger partial charge in [-0.3, -0.25) is 4.55 Å². The minimum atomic E-state index is -4.51. The van der Waals surface area contributed by atoms with Crippen LogP contribution in [-0.2, 0) is 16.5 Å². The highest BCUT2D eigenvalue weighted by Gasteiger charge is 2.19. The molecule has 0 heterocycles. The molecule has 0 aromatic heterocycles. The highest BCUT2D eigenvalue weighted by molar-refractivity contribution is 7.86. The standard InChI is InChI=1S/C26H38O5S/c1-2-3-4-5-6-7-8-9-10-11-12-14-17-22-20-26(32(28,29)30)24(27)21-25(22)31-23-18-15-13-16-19-23/h13,15-16,18-21,27H,2-12,14,17H2,1H3,(H,28,29,30). The van der Waals surface area contributed by atoms with Gasteiger partial charge in [-0.25, -0.2) is 0 Å². The van der Waals surface area contributed by atoms with Gasteiger partial charge < -0.3 is 9.84 Å². The maximum atomic E-state index is 11.6. The first kappa shape index (κ1) is 26.2. The Labute approximate surface area is 193 Å². The second kappa shape index (κ2) is 14.2. The molecule has 0 saturated heterocycles. The number of aryl methyl sites for hydroxylation is 1. The fraction of sp³-hybridized carbons (Fsp3) is 0.538. The van der Waals surface area contributed by atoms with Gasteiger partial charge in [-0.2, -0.15) is 8.42 Å². The molecule has 32 heavy (non-hydrogen) atoms. The van der Waals surface area contributed by atoms with E-state index in [1.807, 2.05) is 18.2 Å². The molecule has 0 aliphatic rings. The Balaban J connectivity index is 1.83. The van der Waals surface area contributed by atoms with E-state index in [1.54, 1.807) is 12.1 Å². The summed E-state index contributed by atoms with van der Waals surface area (Å²) in [4.78, 5) is -0.480. The quantitative estimate of drug-likeness (QED) is 0.197. The molecule has 2 aromatic rings. The van der Waals surface area contributed by atoms with Gasteiger partial charge in [0.2, 0.25) is 0 Å². The van der Waals surface area contributed by atoms with Crippen LogP contribution >= 0.6 is 0 Å². The number of para-hydroxylation sites is 1. The van der Waals surface area contributed by atoms with Crippen molar-refractivity contribution in [2.75, 3.05) is 0 Å². The van der Waals surface area contributed by atoms with Crippen LogP contribution in [-0.4, -0.2) is 18.1 Å². The number of phenolic OH excluding ortho intramolecular Hbond substituents is 1. The molecule has 2 N–H and O–H groups in total. The number of aromatic hydroxyl groups is 1. The van der Waals surface area contributed by atoms with Crippen molar-refractivity contribution in [2.24, 2.45) is 0 Å². The second-order valence-corrected chi connectivity index (χ2v) is 9.85. The fourth-order valence-electron chi connectivity index (χ4n) is 3.86. The third-order valence-electron chi connectivity index (χ3n) is 5.69. The second-order valence-electron chi connectivity index (χ2n) is 8.46. The maximum absolute atomic E-state index is 11.6. The molecule has 0 saturated carbocycles. The van der Waals surface area contributed by atoms with E-state index in [2.05, 4.69) is 6.92 Å². The van der Waals surface area contributed by atoms with E-state index in [0.717, 1.165) is 19.3 Å². The molecule has 178 valence electrons. The lowest BCUT2D eigenvalue weighted by Crippen LogP contribution is -2.02. The molecule has 0 spiro atoms. The molecule has 0 radical (unpaired) electrons. The van der Waals surface area contributed by atoms with Gasteiger partial charge in [-0.1, -0.05) is 95.8 Å². The van der Waals surface area contributed by atoms with Crippen LogP contribution in [0.4, 0.5) is 0 Å². The topological polar surface area (TPSA) is 83.8 Å². The van der Waals surface area contributed by atoms with E-state index in [9.17, 15) is 18.1 Å². The van der Waals surface area contributed by atoms with Gasteiger partial charge in [0.15, 0.2) is 0 Å². The summed E-state index contributed by atoms with van der Waals surface area (Å²) in [6.07, 6.45) is 15.5. The van der Waals surface area contributed by atoms with E-state index in [0.29, 0.717) is 23.5 Å². The average molecular weight is 463 g/mol. The molecule has 0 aliphatic heterocycles. The molecule has 6 heteroatoms. The minimum Gasteiger partial charge on any atom is -0.506 e. The Kier molecular flexibility index (Phi) is 11.6. The van der Waals surface area contributed by atoms with Crippen molar-refractivity contribution in [1.82, 2.24) is 0 Å². The van der Waals surface area contributed by atoms with Crippen LogP contribution in [0.15, 0.2) is 47.4 Å². The highest BCUT2D eigenvalue weighted by atomic mass is 32.2. The number of benzene rings is 2. The lowest BCUT2D eigenvalue weighted by Gasteiger charge is -2.14. The van der Waals surface area contributed by atoms with Crippen molar-refractivity contribution in [3.63, 3.8) is 0 Å². The summed E-state index contributed by atoms with van der Waals surface area (Å²) >= 11 is 0. The predicted octanol–water partition coefficient (Wildman–Crippen LogP) is 7.67. The van der Waals surface area contributed by atoms with Crippen molar-refractivity contribution in [3.8, 4) is 17.2 Å². The number of hydrogen-bond donors (Lipinski definition) is 2. The van der Waals surface area contributed by atoms with Crippen molar-refractivity contribution >= 4 is 10.1 Å². The van der Waals surface area contributed by atoms with Crippen LogP contribution in [0.25, 0.3) is 0 Å². The molecule has 0 fully saturated rings. The number of unbranched alkanes of at least 4 members (excludes halogenated alkanes) is 11. The van der Waals surface area contributed by atoms with Gasteiger partial charge in [-0.15, -0.1) is 0 Å². The molecular formula is C26H38O5S. The van der Waals surface area contributed by atoms with Crippen LogP contribution < -0.4 is 4.74 Å². The van der Waals surface area contributed by atoms with E-state index in [4.69, 9.17) is 4.74 Å². The average Bonchev–Trinajstić information content (AvgIpc) is 2.75. The van der Waals surface area contributed by atoms with Crippen molar-refractivity contribution in [1.29, 1.82) is 0 Å². The van der Waals surface area contributed by atoms with Gasteiger partial charge in [0.05, 0.1) is 0 Å². The van der Waals surface area contributed by atoms with Crippen molar-refractivity contribution in [2.45, 2.75) is 95.3 Å². The van der Waals surface area contributed by atoms with Gasteiger partial charge in [0.1, 0.15) is 22.1 Å². The molecule has 0 aliphatic carbocycles. The number of phenols is 1. The van der Waals surface area contributed by atoms with Gasteiger partial charge in [0.25, 0.3) is 10.1 Å². The fourth-order valence-corrected chi connectivity index (χ4v) is 4.47. The van der Waals surface area contributed by atoms with Crippen molar-refractivity contribution in [3.05, 3.63) is 48.0 Å². The third-order valence-corrected chi connectivity index (χ3v) is 6.57. The minimum absolute atomic E-state index is 0.407. The van der Waals surface area contributed by atoms with Crippen LogP contribution in [0.5, 0.6) is 17.2 Å². The van der Waals surface area contributed by atoms with E-state index in [1.165, 1.54) is 69.9 Å². The summed E-state index contributed by atoms with van der Waals surface area (Å²) in [5.41, 5.74) is 0.659. The summed E-state index contributed by atoms with van der Waals surface area (Å²) in [6.45, 7) is 2.24. The van der Waals surface area contributed by atoms with Gasteiger partial charge >= 0.3 is 0 Å². The Morgan fingerprint density at radius 2 is 1.31 bits per heavy atom. The molecule has 0 unspecified atom stereocenters. The van der Waals surface area contributed by atoms with Crippen LogP contribution in [0.3, 0.4) is 0 Å². The Hall–Kier alpha value is -2.05. The zero-order valence-corrected chi connectivity index (χ0v) is 20.1. The van der Waals surface area contributed by atoms with Gasteiger partial charge in [0, 0.05) is 6.07 Å². The monoisotopic (exact) mass is 462 g/mol. The van der Waals surface area contributed by atoms with E-state index < -0.39 is 20.8 Å². The van der Waals surface area contributed by atoms with Crippen LogP contribution in [0.1, 0.15) is 89.5 Å². The van der Waals surface area contributed by atoms with E-state index in [-0.39, 0.29) is 0 Å². The first-order valence-corrected chi connectivity index (χ1v) is 13.4. The Bertz CT molecular complexity index is 894. The predicted molar refractivity (Wildman–Crippen MR) is 129 cm³/mol. The Morgan fingerprint density at radius 1 is 0.781 bits per heavy atom. The number of hydrogen-bond acceptors (Lipinski definition) is 4. The molecular weight excluding hydrogens is 424 g/mol. The molecule has 5 nitrogen and oxygen atoms in total. The summed E-state index contributed by atoms with van der Waals surface area (Å²) in [7, 11) is -4.51. The molecule has 2 rings (SSSR count). The lowest BCUT2D eigenvalue weighted by atomic mass is 10.0. The van der Waals surface area contributed by atoms with Crippen LogP contribution in [0.2, 0.25) is 0 Å². The van der Waals surface area contributed by atoms with Crippen LogP contribution in [0, 0.1) is 0 Å². The maximum Gasteiger partial charge on any atom is 0.298 e. The van der Waals surface area contributed by atoms with Gasteiger partial charge in [-0.05, 0) is 36.6 Å². The number of rotatable bonds is 16. The summed E-state index contributed by atoms with van der Waals surface area (Å²) in [5.74, 6) is 0.489. The van der Waals surface area contributed by atoms with Crippen molar-refractivity contribution < 1.29 is 22.8 Å². The summed E-state index contributed by atoms with van der Waals surface area (Å²) in [6, 6.07) is 11.7. The summed E-state index contributed by atoms with van der Waals surface area (Å²) < 4.78 is 38.5. The lowest BCUT2D eigenvalue weighted by molar-refractivity contribution is 0.430. The zero-order valence-electron chi connectivity index (χ0n) is 19.3. The molecule has 0 bridgehead atoms. The molecule has 0 amide bonds. The molecule has 0 atom stereocenters. The molecule has 2 aromatic carbocycles. The third kappa shape index (κ3) is 9.61. The smallest absolute Gasteiger partial charge is 0.298 e. The highest BCUT2D eigenvalue weighted by Crippen LogP contribution is 2.35. The summed E-state index contributed by atoms with van der Waals surface area (Å²) in [5, 5.41) is 10.1. The zero-order chi connectivity index (χ0) is 23.2. The Morgan fingerprint density at radius 3 is 1.84 bits per heavy atom. The van der Waals surface area contributed by atoms with E-state index >= 15 is 0 Å². The first-order chi connectivity index (χ1) is 15.4. The normalized spacial score (nSPS) is 11.6. The number of ether oxygens (including phenoxy) is 1. The first-order valence-electron chi connectivity index (χ1n) is 12.0.